The van der Waals surface area contributed by atoms with Gasteiger partial charge in [-0.05, 0) is 18.6 Å². The summed E-state index contributed by atoms with van der Waals surface area (Å²) in [5, 5.41) is 11.9. The Labute approximate surface area is 110 Å². The van der Waals surface area contributed by atoms with Crippen molar-refractivity contribution in [2.45, 2.75) is 13.5 Å². The minimum atomic E-state index is -3.15. The number of hydrogen-bond acceptors (Lipinski definition) is 5. The summed E-state index contributed by atoms with van der Waals surface area (Å²) in [5.41, 5.74) is 0.928. The molecule has 0 aliphatic carbocycles. The fraction of sp³-hybridized carbons (Fsp3) is 0.500. The molecule has 3 N–H and O–H groups in total. The van der Waals surface area contributed by atoms with Crippen LogP contribution < -0.4 is 10.0 Å². The molecular formula is C10H16N2O4S2. The molecule has 0 atom stereocenters. The first-order chi connectivity index (χ1) is 8.29. The quantitative estimate of drug-likeness (QED) is 0.632. The Balaban J connectivity index is 2.38. The topological polar surface area (TPSA) is 95.5 Å². The third-order valence-electron chi connectivity index (χ3n) is 2.21. The van der Waals surface area contributed by atoms with E-state index in [2.05, 4.69) is 10.0 Å². The normalized spacial score (nSPS) is 11.7. The van der Waals surface area contributed by atoms with Crippen LogP contribution in [0.2, 0.25) is 0 Å². The van der Waals surface area contributed by atoms with E-state index in [0.717, 1.165) is 16.7 Å². The molecule has 0 saturated carbocycles. The Morgan fingerprint density at radius 3 is 2.61 bits per heavy atom. The average Bonchev–Trinajstić information content (AvgIpc) is 2.58. The van der Waals surface area contributed by atoms with Gasteiger partial charge in [-0.1, -0.05) is 0 Å². The lowest BCUT2D eigenvalue weighted by Gasteiger charge is -2.04. The number of nitrogens with one attached hydrogen (secondary N) is 2. The molecule has 8 heteroatoms. The average molecular weight is 292 g/mol. The summed E-state index contributed by atoms with van der Waals surface area (Å²) in [6.07, 6.45) is 1.11. The Morgan fingerprint density at radius 2 is 2.11 bits per heavy atom. The molecule has 0 amide bonds. The molecule has 0 radical (unpaired) electrons. The molecule has 0 fully saturated rings. The Morgan fingerprint density at radius 1 is 1.44 bits per heavy atom. The number of aryl methyl sites for hydroxylation is 1. The van der Waals surface area contributed by atoms with Crippen molar-refractivity contribution in [3.8, 4) is 0 Å². The fourth-order valence-electron chi connectivity index (χ4n) is 1.35. The van der Waals surface area contributed by atoms with E-state index in [-0.39, 0.29) is 0 Å². The van der Waals surface area contributed by atoms with Crippen molar-refractivity contribution in [3.63, 3.8) is 0 Å². The molecule has 1 aromatic rings. The van der Waals surface area contributed by atoms with Gasteiger partial charge in [0.25, 0.3) is 0 Å². The molecule has 0 bridgehead atoms. The highest BCUT2D eigenvalue weighted by molar-refractivity contribution is 7.88. The van der Waals surface area contributed by atoms with E-state index in [4.69, 9.17) is 5.11 Å². The largest absolute Gasteiger partial charge is 0.477 e. The van der Waals surface area contributed by atoms with Gasteiger partial charge in [-0.3, -0.25) is 0 Å². The van der Waals surface area contributed by atoms with E-state index >= 15 is 0 Å². The van der Waals surface area contributed by atoms with Crippen molar-refractivity contribution < 1.29 is 18.3 Å². The van der Waals surface area contributed by atoms with Crippen LogP contribution in [0.5, 0.6) is 0 Å². The molecular weight excluding hydrogens is 276 g/mol. The van der Waals surface area contributed by atoms with E-state index in [1.807, 2.05) is 6.92 Å². The molecule has 0 spiro atoms. The molecule has 0 aliphatic heterocycles. The second-order valence-electron chi connectivity index (χ2n) is 3.84. The van der Waals surface area contributed by atoms with E-state index in [1.165, 1.54) is 11.3 Å². The zero-order valence-electron chi connectivity index (χ0n) is 10.2. The molecule has 6 nitrogen and oxygen atoms in total. The highest BCUT2D eigenvalue weighted by Gasteiger charge is 2.10. The van der Waals surface area contributed by atoms with Crippen LogP contribution in [-0.4, -0.2) is 38.8 Å². The van der Waals surface area contributed by atoms with Gasteiger partial charge >= 0.3 is 5.97 Å². The van der Waals surface area contributed by atoms with E-state index in [1.54, 1.807) is 6.07 Å². The van der Waals surface area contributed by atoms with Crippen LogP contribution in [0.1, 0.15) is 20.1 Å². The lowest BCUT2D eigenvalue weighted by Crippen LogP contribution is -2.30. The third-order valence-corrected chi connectivity index (χ3v) is 4.02. The van der Waals surface area contributed by atoms with Crippen molar-refractivity contribution in [2.24, 2.45) is 0 Å². The second-order valence-corrected chi connectivity index (χ2v) is 6.93. The summed E-state index contributed by atoms with van der Waals surface area (Å²) in [7, 11) is -3.15. The SMILES string of the molecule is Cc1sc(C(=O)O)cc1CNCCNS(C)(=O)=O. The molecule has 0 aliphatic rings. The molecule has 1 aromatic heterocycles. The lowest BCUT2D eigenvalue weighted by molar-refractivity contribution is 0.0702. The van der Waals surface area contributed by atoms with Crippen LogP contribution in [0.25, 0.3) is 0 Å². The number of sulfonamides is 1. The Hall–Kier alpha value is -0.960. The van der Waals surface area contributed by atoms with Gasteiger partial charge in [0.15, 0.2) is 0 Å². The van der Waals surface area contributed by atoms with Crippen LogP contribution in [0, 0.1) is 6.92 Å². The number of carbonyl (C=O) groups is 1. The first-order valence-electron chi connectivity index (χ1n) is 5.27. The summed E-state index contributed by atoms with van der Waals surface area (Å²) >= 11 is 1.24. The Bertz CT molecular complexity index is 522. The van der Waals surface area contributed by atoms with Gasteiger partial charge in [0.1, 0.15) is 4.88 Å². The van der Waals surface area contributed by atoms with Gasteiger partial charge in [-0.15, -0.1) is 11.3 Å². The van der Waals surface area contributed by atoms with E-state index in [0.29, 0.717) is 24.5 Å². The predicted octanol–water partition coefficient (Wildman–Crippen LogP) is 0.394. The third kappa shape index (κ3) is 5.13. The van der Waals surface area contributed by atoms with Crippen molar-refractivity contribution in [3.05, 3.63) is 21.4 Å². The van der Waals surface area contributed by atoms with Gasteiger partial charge in [0.2, 0.25) is 10.0 Å². The number of carboxylic acids is 1. The van der Waals surface area contributed by atoms with Gasteiger partial charge in [-0.2, -0.15) is 0 Å². The van der Waals surface area contributed by atoms with Gasteiger partial charge < -0.3 is 10.4 Å². The number of aromatic carboxylic acids is 1. The number of hydrogen-bond donors (Lipinski definition) is 3. The van der Waals surface area contributed by atoms with Crippen LogP contribution >= 0.6 is 11.3 Å². The van der Waals surface area contributed by atoms with Crippen molar-refractivity contribution in [2.75, 3.05) is 19.3 Å². The summed E-state index contributed by atoms with van der Waals surface area (Å²) < 4.78 is 24.0. The van der Waals surface area contributed by atoms with Gasteiger partial charge in [0, 0.05) is 24.5 Å². The number of carboxylic acid groups (broad SMARTS) is 1. The Kier molecular flexibility index (Phi) is 5.27. The highest BCUT2D eigenvalue weighted by atomic mass is 32.2. The molecule has 1 heterocycles. The second kappa shape index (κ2) is 6.28. The van der Waals surface area contributed by atoms with Gasteiger partial charge in [0.05, 0.1) is 6.26 Å². The molecule has 102 valence electrons. The summed E-state index contributed by atoms with van der Waals surface area (Å²) in [4.78, 5) is 12.0. The maximum atomic E-state index is 10.8. The maximum absolute atomic E-state index is 10.8. The van der Waals surface area contributed by atoms with E-state index in [9.17, 15) is 13.2 Å². The van der Waals surface area contributed by atoms with Crippen molar-refractivity contribution in [1.29, 1.82) is 0 Å². The summed E-state index contributed by atoms with van der Waals surface area (Å²) in [5.74, 6) is -0.923. The van der Waals surface area contributed by atoms with Crippen LogP contribution in [-0.2, 0) is 16.6 Å². The predicted molar refractivity (Wildman–Crippen MR) is 70.6 cm³/mol. The molecule has 18 heavy (non-hydrogen) atoms. The molecule has 0 unspecified atom stereocenters. The molecule has 0 saturated heterocycles. The fourth-order valence-corrected chi connectivity index (χ4v) is 2.70. The standard InChI is InChI=1S/C10H16N2O4S2/c1-7-8(5-9(17-7)10(13)14)6-11-3-4-12-18(2,15)16/h5,11-12H,3-4,6H2,1-2H3,(H,13,14). The number of thiophene rings is 1. The minimum Gasteiger partial charge on any atom is -0.477 e. The lowest BCUT2D eigenvalue weighted by atomic mass is 10.2. The molecule has 1 rings (SSSR count). The summed E-state index contributed by atoms with van der Waals surface area (Å²) in [6, 6.07) is 1.64. The smallest absolute Gasteiger partial charge is 0.345 e. The highest BCUT2D eigenvalue weighted by Crippen LogP contribution is 2.21. The molecule has 0 aromatic carbocycles. The minimum absolute atomic E-state index is 0.313. The monoisotopic (exact) mass is 292 g/mol. The van der Waals surface area contributed by atoms with E-state index < -0.39 is 16.0 Å². The maximum Gasteiger partial charge on any atom is 0.345 e. The van der Waals surface area contributed by atoms with Crippen LogP contribution in [0.3, 0.4) is 0 Å². The van der Waals surface area contributed by atoms with Crippen molar-refractivity contribution in [1.82, 2.24) is 10.0 Å². The zero-order valence-corrected chi connectivity index (χ0v) is 11.8. The first-order valence-corrected chi connectivity index (χ1v) is 7.98. The van der Waals surface area contributed by atoms with Crippen LogP contribution in [0.15, 0.2) is 6.07 Å². The first kappa shape index (κ1) is 15.1. The van der Waals surface area contributed by atoms with Crippen molar-refractivity contribution >= 4 is 27.3 Å². The van der Waals surface area contributed by atoms with Gasteiger partial charge in [-0.25, -0.2) is 17.9 Å². The number of rotatable bonds is 7. The summed E-state index contributed by atoms with van der Waals surface area (Å²) in [6.45, 7) is 3.20. The van der Waals surface area contributed by atoms with Crippen LogP contribution in [0.4, 0.5) is 0 Å². The zero-order chi connectivity index (χ0) is 13.8.